The fourth-order valence-electron chi connectivity index (χ4n) is 2.91. The van der Waals surface area contributed by atoms with Gasteiger partial charge in [0.2, 0.25) is 0 Å². The average Bonchev–Trinajstić information content (AvgIpc) is 3.16. The Morgan fingerprint density at radius 1 is 1.45 bits per heavy atom. The zero-order valence-electron chi connectivity index (χ0n) is 12.9. The number of aromatic nitrogens is 2. The third kappa shape index (κ3) is 2.87. The van der Waals surface area contributed by atoms with Crippen LogP contribution < -0.4 is 5.32 Å². The summed E-state index contributed by atoms with van der Waals surface area (Å²) in [6.07, 6.45) is 1.04. The summed E-state index contributed by atoms with van der Waals surface area (Å²) < 4.78 is 5.22. The van der Waals surface area contributed by atoms with Gasteiger partial charge in [0, 0.05) is 13.1 Å². The molecule has 6 nitrogen and oxygen atoms in total. The number of hydrogen-bond acceptors (Lipinski definition) is 5. The van der Waals surface area contributed by atoms with Crippen LogP contribution in [0.25, 0.3) is 11.5 Å². The molecule has 1 fully saturated rings. The van der Waals surface area contributed by atoms with Crippen molar-refractivity contribution < 1.29 is 9.32 Å². The van der Waals surface area contributed by atoms with Crippen LogP contribution in [-0.4, -0.2) is 47.6 Å². The quantitative estimate of drug-likeness (QED) is 0.931. The van der Waals surface area contributed by atoms with Gasteiger partial charge in [0.25, 0.3) is 11.8 Å². The molecule has 22 heavy (non-hydrogen) atoms. The Balaban J connectivity index is 1.84. The van der Waals surface area contributed by atoms with Crippen molar-refractivity contribution >= 4 is 5.91 Å². The molecule has 1 amide bonds. The minimum Gasteiger partial charge on any atom is -0.338 e. The maximum absolute atomic E-state index is 12.8. The van der Waals surface area contributed by atoms with E-state index in [1.54, 1.807) is 6.92 Å². The maximum atomic E-state index is 12.8. The summed E-state index contributed by atoms with van der Waals surface area (Å²) in [5, 5.41) is 6.99. The first-order valence-corrected chi connectivity index (χ1v) is 7.52. The molecule has 0 saturated carbocycles. The third-order valence-corrected chi connectivity index (χ3v) is 3.98. The first kappa shape index (κ1) is 14.7. The van der Waals surface area contributed by atoms with Gasteiger partial charge in [-0.15, -0.1) is 0 Å². The van der Waals surface area contributed by atoms with Crippen molar-refractivity contribution in [3.05, 3.63) is 35.7 Å². The summed E-state index contributed by atoms with van der Waals surface area (Å²) in [5.74, 6) is 1.51. The van der Waals surface area contributed by atoms with Crippen LogP contribution in [0.4, 0.5) is 0 Å². The lowest BCUT2D eigenvalue weighted by molar-refractivity contribution is 0.0787. The molecule has 116 valence electrons. The molecule has 3 rings (SSSR count). The minimum atomic E-state index is 0.0325. The summed E-state index contributed by atoms with van der Waals surface area (Å²) in [6, 6.07) is 7.41. The topological polar surface area (TPSA) is 71.3 Å². The number of likely N-dealkylation sites (tertiary alicyclic amines) is 1. The van der Waals surface area contributed by atoms with E-state index >= 15 is 0 Å². The molecule has 1 aliphatic heterocycles. The molecule has 0 bridgehead atoms. The van der Waals surface area contributed by atoms with E-state index in [0.717, 1.165) is 26.1 Å². The number of carbonyl (C=O) groups excluding carboxylic acids is 1. The molecular formula is C16H20N4O2. The van der Waals surface area contributed by atoms with Crippen LogP contribution in [0.2, 0.25) is 0 Å². The van der Waals surface area contributed by atoms with Crippen molar-refractivity contribution in [3.8, 4) is 11.5 Å². The first-order chi connectivity index (χ1) is 10.7. The Morgan fingerprint density at radius 2 is 2.27 bits per heavy atom. The molecule has 0 aliphatic carbocycles. The number of amides is 1. The molecule has 1 atom stereocenters. The standard InChI is InChI=1S/C16H20N4O2/c1-11-18-15(22-19-11)13-5-3-4-6-14(13)16(21)20-8-7-12(10-20)9-17-2/h3-6,12,17H,7-10H2,1-2H3/t12-/m1/s1. The molecule has 0 radical (unpaired) electrons. The van der Waals surface area contributed by atoms with Gasteiger partial charge in [-0.25, -0.2) is 0 Å². The van der Waals surface area contributed by atoms with E-state index in [2.05, 4.69) is 15.5 Å². The van der Waals surface area contributed by atoms with Crippen LogP contribution in [0, 0.1) is 12.8 Å². The third-order valence-electron chi connectivity index (χ3n) is 3.98. The molecule has 1 saturated heterocycles. The largest absolute Gasteiger partial charge is 0.338 e. The SMILES string of the molecule is CNC[C@H]1CCN(C(=O)c2ccccc2-c2nc(C)no2)C1. The number of carbonyl (C=O) groups is 1. The number of aryl methyl sites for hydroxylation is 1. The first-order valence-electron chi connectivity index (χ1n) is 7.52. The zero-order valence-corrected chi connectivity index (χ0v) is 12.9. The highest BCUT2D eigenvalue weighted by Gasteiger charge is 2.28. The van der Waals surface area contributed by atoms with E-state index in [1.165, 1.54) is 0 Å². The predicted octanol–water partition coefficient (Wildman–Crippen LogP) is 1.73. The van der Waals surface area contributed by atoms with Crippen molar-refractivity contribution in [2.24, 2.45) is 5.92 Å². The molecule has 2 aromatic rings. The van der Waals surface area contributed by atoms with Crippen molar-refractivity contribution in [1.82, 2.24) is 20.4 Å². The van der Waals surface area contributed by atoms with Gasteiger partial charge < -0.3 is 14.7 Å². The van der Waals surface area contributed by atoms with Crippen LogP contribution in [0.1, 0.15) is 22.6 Å². The molecule has 1 aliphatic rings. The van der Waals surface area contributed by atoms with Crippen LogP contribution >= 0.6 is 0 Å². The van der Waals surface area contributed by atoms with E-state index in [1.807, 2.05) is 36.2 Å². The highest BCUT2D eigenvalue weighted by Crippen LogP contribution is 2.25. The Morgan fingerprint density at radius 3 is 3.00 bits per heavy atom. The number of hydrogen-bond donors (Lipinski definition) is 1. The summed E-state index contributed by atoms with van der Waals surface area (Å²) >= 11 is 0. The van der Waals surface area contributed by atoms with Crippen molar-refractivity contribution in [3.63, 3.8) is 0 Å². The number of rotatable bonds is 4. The molecule has 0 spiro atoms. The monoisotopic (exact) mass is 300 g/mol. The lowest BCUT2D eigenvalue weighted by atomic mass is 10.1. The van der Waals surface area contributed by atoms with Crippen LogP contribution in [0.3, 0.4) is 0 Å². The molecule has 6 heteroatoms. The Labute approximate surface area is 129 Å². The number of nitrogens with zero attached hydrogens (tertiary/aromatic N) is 3. The minimum absolute atomic E-state index is 0.0325. The van der Waals surface area contributed by atoms with E-state index in [4.69, 9.17) is 4.52 Å². The highest BCUT2D eigenvalue weighted by atomic mass is 16.5. The second-order valence-corrected chi connectivity index (χ2v) is 5.66. The maximum Gasteiger partial charge on any atom is 0.258 e. The number of nitrogens with one attached hydrogen (secondary N) is 1. The van der Waals surface area contributed by atoms with E-state index in [0.29, 0.717) is 28.8 Å². The van der Waals surface area contributed by atoms with Gasteiger partial charge in [0.05, 0.1) is 11.1 Å². The zero-order chi connectivity index (χ0) is 15.5. The van der Waals surface area contributed by atoms with Gasteiger partial charge in [-0.1, -0.05) is 17.3 Å². The van der Waals surface area contributed by atoms with Gasteiger partial charge in [0.15, 0.2) is 5.82 Å². The normalized spacial score (nSPS) is 17.9. The lowest BCUT2D eigenvalue weighted by Crippen LogP contribution is -2.30. The second-order valence-electron chi connectivity index (χ2n) is 5.66. The van der Waals surface area contributed by atoms with Gasteiger partial charge in [-0.2, -0.15) is 4.98 Å². The smallest absolute Gasteiger partial charge is 0.258 e. The van der Waals surface area contributed by atoms with E-state index in [-0.39, 0.29) is 5.91 Å². The van der Waals surface area contributed by atoms with Crippen LogP contribution in [-0.2, 0) is 0 Å². The summed E-state index contributed by atoms with van der Waals surface area (Å²) in [7, 11) is 1.94. The molecule has 1 aromatic heterocycles. The lowest BCUT2D eigenvalue weighted by Gasteiger charge is -2.17. The van der Waals surface area contributed by atoms with E-state index in [9.17, 15) is 4.79 Å². The van der Waals surface area contributed by atoms with Crippen molar-refractivity contribution in [1.29, 1.82) is 0 Å². The van der Waals surface area contributed by atoms with E-state index < -0.39 is 0 Å². The number of benzene rings is 1. The second kappa shape index (κ2) is 6.27. The predicted molar refractivity (Wildman–Crippen MR) is 82.4 cm³/mol. The van der Waals surface area contributed by atoms with Gasteiger partial charge in [0.1, 0.15) is 0 Å². The van der Waals surface area contributed by atoms with Gasteiger partial charge >= 0.3 is 0 Å². The Hall–Kier alpha value is -2.21. The molecular weight excluding hydrogens is 280 g/mol. The molecule has 2 heterocycles. The fourth-order valence-corrected chi connectivity index (χ4v) is 2.91. The Bertz CT molecular complexity index is 668. The van der Waals surface area contributed by atoms with Crippen molar-refractivity contribution in [2.45, 2.75) is 13.3 Å². The van der Waals surface area contributed by atoms with Crippen molar-refractivity contribution in [2.75, 3.05) is 26.7 Å². The van der Waals surface area contributed by atoms with Gasteiger partial charge in [-0.3, -0.25) is 4.79 Å². The average molecular weight is 300 g/mol. The highest BCUT2D eigenvalue weighted by molar-refractivity contribution is 6.00. The molecule has 1 aromatic carbocycles. The van der Waals surface area contributed by atoms with Crippen LogP contribution in [0.15, 0.2) is 28.8 Å². The summed E-state index contributed by atoms with van der Waals surface area (Å²) in [4.78, 5) is 19.0. The summed E-state index contributed by atoms with van der Waals surface area (Å²) in [6.45, 7) is 4.29. The Kier molecular flexibility index (Phi) is 4.20. The van der Waals surface area contributed by atoms with Crippen LogP contribution in [0.5, 0.6) is 0 Å². The van der Waals surface area contributed by atoms with Gasteiger partial charge in [-0.05, 0) is 45.0 Å². The molecule has 0 unspecified atom stereocenters. The summed E-state index contributed by atoms with van der Waals surface area (Å²) in [5.41, 5.74) is 1.32. The fraction of sp³-hybridized carbons (Fsp3) is 0.438. The molecule has 1 N–H and O–H groups in total.